The maximum atomic E-state index is 14.1. The first-order valence-electron chi connectivity index (χ1n) is 10.9. The van der Waals surface area contributed by atoms with Crippen molar-refractivity contribution in [1.29, 1.82) is 5.26 Å². The van der Waals surface area contributed by atoms with Crippen LogP contribution in [-0.4, -0.2) is 46.2 Å². The van der Waals surface area contributed by atoms with E-state index in [1.807, 2.05) is 12.3 Å². The minimum absolute atomic E-state index is 0.0862. The van der Waals surface area contributed by atoms with E-state index in [0.29, 0.717) is 30.1 Å². The van der Waals surface area contributed by atoms with E-state index >= 15 is 0 Å². The number of nitrogens with one attached hydrogen (secondary N) is 3. The Hall–Kier alpha value is -3.77. The summed E-state index contributed by atoms with van der Waals surface area (Å²) in [5.74, 6) is 0.746. The molecule has 1 aromatic carbocycles. The number of alkyl halides is 1. The molecule has 3 N–H and O–H groups in total. The van der Waals surface area contributed by atoms with Gasteiger partial charge in [-0.3, -0.25) is 4.79 Å². The summed E-state index contributed by atoms with van der Waals surface area (Å²) < 4.78 is 19.9. The Kier molecular flexibility index (Phi) is 5.75. The van der Waals surface area contributed by atoms with Crippen LogP contribution in [0, 0.1) is 17.2 Å². The lowest BCUT2D eigenvalue weighted by atomic mass is 10.0. The van der Waals surface area contributed by atoms with Gasteiger partial charge in [-0.05, 0) is 54.8 Å². The lowest BCUT2D eigenvalue weighted by molar-refractivity contribution is -0.117. The van der Waals surface area contributed by atoms with Crippen LogP contribution in [0.2, 0.25) is 0 Å². The van der Waals surface area contributed by atoms with Gasteiger partial charge in [0.2, 0.25) is 5.91 Å². The molecule has 9 heteroatoms. The number of pyridine rings is 1. The zero-order chi connectivity index (χ0) is 22.8. The number of nitriles is 1. The number of amides is 1. The molecular weight excluding hydrogens is 423 g/mol. The van der Waals surface area contributed by atoms with Crippen LogP contribution in [0.25, 0.3) is 11.1 Å². The number of ether oxygens (including phenoxy) is 1. The molecule has 0 radical (unpaired) electrons. The van der Waals surface area contributed by atoms with Gasteiger partial charge in [-0.15, -0.1) is 0 Å². The molecule has 2 unspecified atom stereocenters. The first-order chi connectivity index (χ1) is 16.1. The van der Waals surface area contributed by atoms with E-state index in [1.165, 1.54) is 0 Å². The van der Waals surface area contributed by atoms with Crippen molar-refractivity contribution in [2.24, 2.45) is 5.92 Å². The Morgan fingerprint density at radius 3 is 2.91 bits per heavy atom. The lowest BCUT2D eigenvalue weighted by Gasteiger charge is -2.27. The summed E-state index contributed by atoms with van der Waals surface area (Å²) in [4.78, 5) is 24.0. The Balaban J connectivity index is 1.29. The summed E-state index contributed by atoms with van der Waals surface area (Å²) in [5.41, 5.74) is 2.81. The molecule has 1 aliphatic carbocycles. The smallest absolute Gasteiger partial charge is 0.229 e. The molecule has 33 heavy (non-hydrogen) atoms. The molecule has 8 nitrogen and oxygen atoms in total. The fourth-order valence-electron chi connectivity index (χ4n) is 4.18. The van der Waals surface area contributed by atoms with Crippen molar-refractivity contribution in [3.05, 3.63) is 60.3 Å². The van der Waals surface area contributed by atoms with Crippen molar-refractivity contribution in [1.82, 2.24) is 20.3 Å². The predicted octanol–water partition coefficient (Wildman–Crippen LogP) is 3.16. The second kappa shape index (κ2) is 9.00. The van der Waals surface area contributed by atoms with Crippen molar-refractivity contribution >= 4 is 11.7 Å². The summed E-state index contributed by atoms with van der Waals surface area (Å²) in [6, 6.07) is 10.9. The number of piperidine rings is 1. The molecule has 5 rings (SSSR count). The first-order valence-corrected chi connectivity index (χ1v) is 10.9. The van der Waals surface area contributed by atoms with Gasteiger partial charge < -0.3 is 20.4 Å². The molecule has 1 amide bonds. The van der Waals surface area contributed by atoms with Crippen LogP contribution in [-0.2, 0) is 4.79 Å². The maximum Gasteiger partial charge on any atom is 0.229 e. The third-order valence-electron chi connectivity index (χ3n) is 6.10. The molecule has 2 aromatic heterocycles. The topological polar surface area (TPSA) is 116 Å². The van der Waals surface area contributed by atoms with Crippen LogP contribution in [0.3, 0.4) is 0 Å². The second-order valence-electron chi connectivity index (χ2n) is 8.35. The van der Waals surface area contributed by atoms with Crippen LogP contribution in [0.4, 0.5) is 10.2 Å². The van der Waals surface area contributed by atoms with E-state index in [2.05, 4.69) is 31.7 Å². The molecule has 3 heterocycles. The van der Waals surface area contributed by atoms with E-state index < -0.39 is 12.3 Å². The van der Waals surface area contributed by atoms with E-state index in [1.54, 1.807) is 36.8 Å². The summed E-state index contributed by atoms with van der Waals surface area (Å²) in [5, 5.41) is 15.5. The summed E-state index contributed by atoms with van der Waals surface area (Å²) in [6.07, 6.45) is 4.67. The number of halogens is 1. The Morgan fingerprint density at radius 1 is 1.24 bits per heavy atom. The third kappa shape index (κ3) is 4.56. The van der Waals surface area contributed by atoms with Crippen molar-refractivity contribution in [2.75, 3.05) is 18.4 Å². The van der Waals surface area contributed by atoms with Crippen LogP contribution in [0.15, 0.2) is 49.1 Å². The Morgan fingerprint density at radius 2 is 2.12 bits per heavy atom. The van der Waals surface area contributed by atoms with Crippen molar-refractivity contribution < 1.29 is 13.9 Å². The molecule has 2 fully saturated rings. The first kappa shape index (κ1) is 21.1. The van der Waals surface area contributed by atoms with Gasteiger partial charge in [0.1, 0.15) is 29.9 Å². The normalized spacial score (nSPS) is 24.0. The van der Waals surface area contributed by atoms with Gasteiger partial charge >= 0.3 is 0 Å². The number of anilines is 1. The predicted molar refractivity (Wildman–Crippen MR) is 119 cm³/mol. The summed E-state index contributed by atoms with van der Waals surface area (Å²) >= 11 is 0. The average molecular weight is 446 g/mol. The second-order valence-corrected chi connectivity index (χ2v) is 8.35. The number of carbonyl (C=O) groups is 1. The Bertz CT molecular complexity index is 1190. The van der Waals surface area contributed by atoms with Gasteiger partial charge in [0, 0.05) is 30.8 Å². The average Bonchev–Trinajstić information content (AvgIpc) is 3.46. The van der Waals surface area contributed by atoms with E-state index in [9.17, 15) is 14.4 Å². The molecule has 1 aliphatic heterocycles. The fourth-order valence-corrected chi connectivity index (χ4v) is 4.18. The molecule has 1 saturated heterocycles. The van der Waals surface area contributed by atoms with Crippen molar-refractivity contribution in [3.8, 4) is 22.9 Å². The highest BCUT2D eigenvalue weighted by Crippen LogP contribution is 2.47. The monoisotopic (exact) mass is 446 g/mol. The number of rotatable bonds is 6. The van der Waals surface area contributed by atoms with Gasteiger partial charge in [-0.2, -0.15) is 5.26 Å². The highest BCUT2D eigenvalue weighted by molar-refractivity contribution is 5.94. The lowest BCUT2D eigenvalue weighted by Crippen LogP contribution is -2.44. The van der Waals surface area contributed by atoms with Crippen molar-refractivity contribution in [3.63, 3.8) is 0 Å². The zero-order valence-electron chi connectivity index (χ0n) is 17.8. The van der Waals surface area contributed by atoms with Gasteiger partial charge in [0.05, 0.1) is 17.6 Å². The minimum atomic E-state index is -1.12. The maximum absolute atomic E-state index is 14.1. The van der Waals surface area contributed by atoms with Gasteiger partial charge in [-0.1, -0.05) is 6.07 Å². The van der Waals surface area contributed by atoms with Gasteiger partial charge in [-0.25, -0.2) is 14.4 Å². The molecule has 1 saturated carbocycles. The molecule has 3 aromatic rings. The number of aromatic amines is 1. The number of benzene rings is 1. The highest BCUT2D eigenvalue weighted by atomic mass is 19.1. The molecule has 4 atom stereocenters. The number of carbonyl (C=O) groups excluding carboxylic acids is 1. The molecule has 0 spiro atoms. The SMILES string of the molecule is N#Cc1cc(-c2ccnc(NC(=O)C3CC3c3c[nH]cn3)c2)ccc1O[C@H]1CCNC[C@H]1F. The molecule has 168 valence electrons. The van der Waals surface area contributed by atoms with Crippen LogP contribution < -0.4 is 15.4 Å². The number of aromatic nitrogens is 3. The van der Waals surface area contributed by atoms with Crippen LogP contribution in [0.5, 0.6) is 5.75 Å². The van der Waals surface area contributed by atoms with Crippen molar-refractivity contribution in [2.45, 2.75) is 31.0 Å². The standard InChI is InChI=1S/C24H23FN6O2/c25-19-11-27-5-4-22(19)33-21-2-1-14(7-16(21)10-26)15-3-6-29-23(8-15)31-24(32)18-9-17(18)20-12-28-13-30-20/h1-3,6-8,12-13,17-19,22,27H,4-5,9,11H2,(H,28,30)(H,29,31,32)/t17?,18?,19-,22+/m1/s1. The van der Waals surface area contributed by atoms with Gasteiger partial charge in [0.25, 0.3) is 0 Å². The van der Waals surface area contributed by atoms with Crippen LogP contribution >= 0.6 is 0 Å². The van der Waals surface area contributed by atoms with Crippen LogP contribution in [0.1, 0.15) is 30.0 Å². The summed E-state index contributed by atoms with van der Waals surface area (Å²) in [7, 11) is 0. The zero-order valence-corrected chi connectivity index (χ0v) is 17.8. The Labute approximate surface area is 190 Å². The number of imidazole rings is 1. The fraction of sp³-hybridized carbons (Fsp3) is 0.333. The minimum Gasteiger partial charge on any atom is -0.486 e. The molecule has 2 aliphatic rings. The third-order valence-corrected chi connectivity index (χ3v) is 6.10. The molecule has 0 bridgehead atoms. The summed E-state index contributed by atoms with van der Waals surface area (Å²) in [6.45, 7) is 0.930. The quantitative estimate of drug-likeness (QED) is 0.536. The largest absolute Gasteiger partial charge is 0.486 e. The number of H-pyrrole nitrogens is 1. The van der Waals surface area contributed by atoms with Gasteiger partial charge in [0.15, 0.2) is 0 Å². The van der Waals surface area contributed by atoms with E-state index in [-0.39, 0.29) is 24.3 Å². The molecular formula is C24H23FN6O2. The number of hydrogen-bond donors (Lipinski definition) is 3. The number of nitrogens with zero attached hydrogens (tertiary/aromatic N) is 3. The van der Waals surface area contributed by atoms with E-state index in [4.69, 9.17) is 4.74 Å². The van der Waals surface area contributed by atoms with E-state index in [0.717, 1.165) is 23.2 Å². The number of hydrogen-bond acceptors (Lipinski definition) is 6. The highest BCUT2D eigenvalue weighted by Gasteiger charge is 2.45.